The van der Waals surface area contributed by atoms with Crippen LogP contribution >= 0.6 is 19.0 Å². The van der Waals surface area contributed by atoms with E-state index in [1.807, 2.05) is 6.92 Å². The molecule has 1 fully saturated rings. The number of ether oxygens (including phenoxy) is 1. The average Bonchev–Trinajstić information content (AvgIpc) is 2.18. The fourth-order valence-electron chi connectivity index (χ4n) is 1.10. The molecule has 0 bridgehead atoms. The maximum absolute atomic E-state index is 10.7. The summed E-state index contributed by atoms with van der Waals surface area (Å²) >= 11 is 5.68. The van der Waals surface area contributed by atoms with Crippen LogP contribution in [0.2, 0.25) is 0 Å². The number of rotatable bonds is 3. The lowest BCUT2D eigenvalue weighted by molar-refractivity contribution is -0.147. The van der Waals surface area contributed by atoms with Crippen molar-refractivity contribution in [3.8, 4) is 0 Å². The van der Waals surface area contributed by atoms with E-state index in [9.17, 15) is 4.79 Å². The summed E-state index contributed by atoms with van der Waals surface area (Å²) in [5, 5.41) is 0. The topological polar surface area (TPSA) is 44.8 Å². The Morgan fingerprint density at radius 1 is 1.57 bits per heavy atom. The van der Waals surface area contributed by atoms with E-state index in [1.54, 1.807) is 0 Å². The molecule has 0 aromatic rings. The standard InChI is InChI=1S/C8H14ClO4P/c1-3-8(4-11-7(2)10)5-12-14(9)13-6-8/h3-6H2,1-2H3. The van der Waals surface area contributed by atoms with Gasteiger partial charge in [0.05, 0.1) is 18.6 Å². The number of esters is 1. The molecule has 82 valence electrons. The molecule has 1 aliphatic heterocycles. The lowest BCUT2D eigenvalue weighted by atomic mass is 9.88. The van der Waals surface area contributed by atoms with Gasteiger partial charge < -0.3 is 13.8 Å². The quantitative estimate of drug-likeness (QED) is 0.562. The van der Waals surface area contributed by atoms with E-state index in [0.717, 1.165) is 6.42 Å². The molecular formula is C8H14ClO4P. The Morgan fingerprint density at radius 3 is 2.57 bits per heavy atom. The van der Waals surface area contributed by atoms with E-state index < -0.39 is 7.73 Å². The molecular weight excluding hydrogens is 227 g/mol. The highest BCUT2D eigenvalue weighted by atomic mass is 35.7. The second-order valence-electron chi connectivity index (χ2n) is 3.39. The van der Waals surface area contributed by atoms with Crippen LogP contribution in [0, 0.1) is 5.41 Å². The molecule has 1 heterocycles. The molecule has 0 amide bonds. The molecule has 0 aliphatic carbocycles. The molecule has 0 saturated carbocycles. The molecule has 0 radical (unpaired) electrons. The highest BCUT2D eigenvalue weighted by molar-refractivity contribution is 7.76. The van der Waals surface area contributed by atoms with Gasteiger partial charge in [-0.05, 0) is 17.7 Å². The monoisotopic (exact) mass is 240 g/mol. The third kappa shape index (κ3) is 3.35. The summed E-state index contributed by atoms with van der Waals surface area (Å²) in [5.74, 6) is -0.281. The van der Waals surface area contributed by atoms with Crippen molar-refractivity contribution < 1.29 is 18.6 Å². The molecule has 1 aliphatic rings. The van der Waals surface area contributed by atoms with Crippen molar-refractivity contribution >= 4 is 24.9 Å². The van der Waals surface area contributed by atoms with E-state index in [-0.39, 0.29) is 11.4 Å². The Morgan fingerprint density at radius 2 is 2.14 bits per heavy atom. The zero-order valence-corrected chi connectivity index (χ0v) is 9.94. The third-order valence-corrected chi connectivity index (χ3v) is 3.53. The van der Waals surface area contributed by atoms with Gasteiger partial charge in [0, 0.05) is 6.92 Å². The third-order valence-electron chi connectivity index (χ3n) is 2.28. The fraction of sp³-hybridized carbons (Fsp3) is 0.875. The molecule has 14 heavy (non-hydrogen) atoms. The van der Waals surface area contributed by atoms with Crippen LogP contribution in [0.15, 0.2) is 0 Å². The number of carbonyl (C=O) groups is 1. The first-order valence-corrected chi connectivity index (χ1v) is 6.51. The first kappa shape index (κ1) is 12.2. The Balaban J connectivity index is 2.45. The minimum atomic E-state index is -1.25. The minimum Gasteiger partial charge on any atom is -0.465 e. The molecule has 1 saturated heterocycles. The lowest BCUT2D eigenvalue weighted by Gasteiger charge is -2.36. The fourth-order valence-corrected chi connectivity index (χ4v) is 2.22. The van der Waals surface area contributed by atoms with E-state index in [4.69, 9.17) is 25.0 Å². The zero-order chi connectivity index (χ0) is 10.6. The van der Waals surface area contributed by atoms with Gasteiger partial charge in [0.2, 0.25) is 0 Å². The van der Waals surface area contributed by atoms with Crippen LogP contribution in [0.25, 0.3) is 0 Å². The van der Waals surface area contributed by atoms with Crippen LogP contribution in [-0.2, 0) is 18.6 Å². The predicted octanol–water partition coefficient (Wildman–Crippen LogP) is 2.46. The number of halogens is 1. The number of hydrogen-bond donors (Lipinski definition) is 0. The summed E-state index contributed by atoms with van der Waals surface area (Å²) in [6.45, 7) is 4.72. The van der Waals surface area contributed by atoms with Crippen LogP contribution in [0.4, 0.5) is 0 Å². The van der Waals surface area contributed by atoms with Crippen molar-refractivity contribution in [1.29, 1.82) is 0 Å². The molecule has 0 aromatic heterocycles. The van der Waals surface area contributed by atoms with Crippen LogP contribution in [-0.4, -0.2) is 25.8 Å². The van der Waals surface area contributed by atoms with Crippen molar-refractivity contribution in [2.45, 2.75) is 20.3 Å². The van der Waals surface area contributed by atoms with E-state index in [2.05, 4.69) is 0 Å². The van der Waals surface area contributed by atoms with Gasteiger partial charge in [-0.25, -0.2) is 0 Å². The summed E-state index contributed by atoms with van der Waals surface area (Å²) < 4.78 is 15.4. The van der Waals surface area contributed by atoms with Crippen LogP contribution in [0.5, 0.6) is 0 Å². The first-order chi connectivity index (χ1) is 6.58. The molecule has 1 rings (SSSR count). The Bertz CT molecular complexity index is 204. The molecule has 0 unspecified atom stereocenters. The molecule has 0 atom stereocenters. The van der Waals surface area contributed by atoms with Gasteiger partial charge in [0.25, 0.3) is 7.73 Å². The second-order valence-corrected chi connectivity index (χ2v) is 5.16. The van der Waals surface area contributed by atoms with Gasteiger partial charge in [-0.2, -0.15) is 0 Å². The van der Waals surface area contributed by atoms with Crippen LogP contribution < -0.4 is 0 Å². The highest BCUT2D eigenvalue weighted by Gasteiger charge is 2.36. The van der Waals surface area contributed by atoms with Crippen LogP contribution in [0.1, 0.15) is 20.3 Å². The van der Waals surface area contributed by atoms with Crippen molar-refractivity contribution in [3.63, 3.8) is 0 Å². The van der Waals surface area contributed by atoms with Gasteiger partial charge in [-0.3, -0.25) is 4.79 Å². The zero-order valence-electron chi connectivity index (χ0n) is 8.29. The largest absolute Gasteiger partial charge is 0.465 e. The first-order valence-electron chi connectivity index (χ1n) is 4.43. The van der Waals surface area contributed by atoms with Crippen LogP contribution in [0.3, 0.4) is 0 Å². The maximum atomic E-state index is 10.7. The Labute approximate surface area is 89.6 Å². The van der Waals surface area contributed by atoms with Crippen molar-refractivity contribution in [3.05, 3.63) is 0 Å². The normalized spacial score (nSPS) is 32.6. The summed E-state index contributed by atoms with van der Waals surface area (Å²) in [4.78, 5) is 10.7. The smallest absolute Gasteiger partial charge is 0.302 e. The lowest BCUT2D eigenvalue weighted by Crippen LogP contribution is -2.38. The SMILES string of the molecule is CCC1(COC(C)=O)COP(Cl)OC1. The van der Waals surface area contributed by atoms with Crippen molar-refractivity contribution in [2.24, 2.45) is 5.41 Å². The van der Waals surface area contributed by atoms with Gasteiger partial charge in [0.1, 0.15) is 6.61 Å². The summed E-state index contributed by atoms with van der Waals surface area (Å²) in [7, 11) is -1.25. The highest BCUT2D eigenvalue weighted by Crippen LogP contribution is 2.50. The van der Waals surface area contributed by atoms with E-state index in [0.29, 0.717) is 19.8 Å². The second kappa shape index (κ2) is 5.26. The number of carbonyl (C=O) groups excluding carboxylic acids is 1. The van der Waals surface area contributed by atoms with Crippen molar-refractivity contribution in [1.82, 2.24) is 0 Å². The molecule has 0 N–H and O–H groups in total. The van der Waals surface area contributed by atoms with Gasteiger partial charge in [-0.15, -0.1) is 0 Å². The van der Waals surface area contributed by atoms with Gasteiger partial charge in [0.15, 0.2) is 0 Å². The van der Waals surface area contributed by atoms with E-state index >= 15 is 0 Å². The molecule has 4 nitrogen and oxygen atoms in total. The summed E-state index contributed by atoms with van der Waals surface area (Å²) in [6.07, 6.45) is 0.834. The van der Waals surface area contributed by atoms with E-state index in [1.165, 1.54) is 6.92 Å². The van der Waals surface area contributed by atoms with Gasteiger partial charge >= 0.3 is 5.97 Å². The van der Waals surface area contributed by atoms with Gasteiger partial charge in [-0.1, -0.05) is 6.92 Å². The molecule has 0 spiro atoms. The minimum absolute atomic E-state index is 0.223. The summed E-state index contributed by atoms with van der Waals surface area (Å²) in [6, 6.07) is 0. The molecule has 6 heteroatoms. The molecule has 0 aromatic carbocycles. The predicted molar refractivity (Wildman–Crippen MR) is 54.0 cm³/mol. The Kier molecular flexibility index (Phi) is 4.58. The maximum Gasteiger partial charge on any atom is 0.302 e. The summed E-state index contributed by atoms with van der Waals surface area (Å²) in [5.41, 5.74) is -0.223. The number of hydrogen-bond acceptors (Lipinski definition) is 4. The average molecular weight is 241 g/mol. The van der Waals surface area contributed by atoms with Crippen molar-refractivity contribution in [2.75, 3.05) is 19.8 Å². The Hall–Kier alpha value is 0.110.